The topological polar surface area (TPSA) is 72.2 Å². The largest absolute Gasteiger partial charge is 0.326 e. The van der Waals surface area contributed by atoms with Gasteiger partial charge in [-0.05, 0) is 30.7 Å². The molecule has 1 atom stereocenters. The average Bonchev–Trinajstić information content (AvgIpc) is 2.87. The maximum Gasteiger partial charge on any atom is 0.250 e. The quantitative estimate of drug-likeness (QED) is 0.877. The smallest absolute Gasteiger partial charge is 0.250 e. The van der Waals surface area contributed by atoms with Gasteiger partial charge in [0, 0.05) is 23.2 Å². The Labute approximate surface area is 110 Å². The molecule has 2 heterocycles. The van der Waals surface area contributed by atoms with Gasteiger partial charge in [-0.1, -0.05) is 0 Å². The van der Waals surface area contributed by atoms with Gasteiger partial charge in [0.25, 0.3) is 0 Å². The number of aryl methyl sites for hydroxylation is 1. The molecule has 1 aromatic heterocycles. The van der Waals surface area contributed by atoms with Crippen molar-refractivity contribution in [2.24, 2.45) is 5.73 Å². The zero-order chi connectivity index (χ0) is 12.5. The molecule has 2 rings (SSSR count). The molecular formula is C10H16N2O2S3. The van der Waals surface area contributed by atoms with Crippen molar-refractivity contribution >= 4 is 33.1 Å². The summed E-state index contributed by atoms with van der Waals surface area (Å²) in [5, 5.41) is 0. The summed E-state index contributed by atoms with van der Waals surface area (Å²) in [5.41, 5.74) is 6.52. The summed E-state index contributed by atoms with van der Waals surface area (Å²) in [7, 11) is -3.36. The normalized spacial score (nSPS) is 20.9. The molecule has 96 valence electrons. The van der Waals surface area contributed by atoms with Gasteiger partial charge in [0.2, 0.25) is 10.0 Å². The Bertz CT molecular complexity index is 490. The molecule has 1 fully saturated rings. The van der Waals surface area contributed by atoms with Crippen molar-refractivity contribution < 1.29 is 8.42 Å². The lowest BCUT2D eigenvalue weighted by Gasteiger charge is -2.10. The minimum Gasteiger partial charge on any atom is -0.326 e. The number of nitrogens with one attached hydrogen (secondary N) is 1. The van der Waals surface area contributed by atoms with Crippen molar-refractivity contribution in [3.05, 3.63) is 16.5 Å². The summed E-state index contributed by atoms with van der Waals surface area (Å²) in [4.78, 5) is 0.936. The Balaban J connectivity index is 2.18. The minimum atomic E-state index is -3.36. The molecule has 0 aromatic carbocycles. The second-order valence-corrected chi connectivity index (χ2v) is 8.28. The number of hydrogen-bond donors (Lipinski definition) is 2. The van der Waals surface area contributed by atoms with Crippen LogP contribution in [0.5, 0.6) is 0 Å². The highest BCUT2D eigenvalue weighted by molar-refractivity contribution is 7.99. The van der Waals surface area contributed by atoms with Crippen molar-refractivity contribution in [3.8, 4) is 0 Å². The van der Waals surface area contributed by atoms with Crippen LogP contribution < -0.4 is 10.5 Å². The van der Waals surface area contributed by atoms with Crippen LogP contribution in [0.1, 0.15) is 16.9 Å². The minimum absolute atomic E-state index is 0.0775. The highest BCUT2D eigenvalue weighted by Gasteiger charge is 2.25. The van der Waals surface area contributed by atoms with Gasteiger partial charge in [0.15, 0.2) is 0 Å². The summed E-state index contributed by atoms with van der Waals surface area (Å²) < 4.78 is 27.4. The fraction of sp³-hybridized carbons (Fsp3) is 0.600. The Morgan fingerprint density at radius 3 is 2.88 bits per heavy atom. The molecule has 1 aliphatic rings. The van der Waals surface area contributed by atoms with Crippen LogP contribution in [0.3, 0.4) is 0 Å². The second-order valence-electron chi connectivity index (χ2n) is 4.06. The molecule has 7 heteroatoms. The lowest BCUT2D eigenvalue weighted by molar-refractivity contribution is 0.565. The first kappa shape index (κ1) is 13.4. The number of nitrogens with two attached hydrogens (primary N) is 1. The van der Waals surface area contributed by atoms with Gasteiger partial charge in [-0.2, -0.15) is 11.8 Å². The van der Waals surface area contributed by atoms with E-state index < -0.39 is 10.0 Å². The van der Waals surface area contributed by atoms with Crippen LogP contribution in [0, 0.1) is 6.92 Å². The second kappa shape index (κ2) is 5.27. The molecule has 0 bridgehead atoms. The van der Waals surface area contributed by atoms with E-state index in [9.17, 15) is 8.42 Å². The van der Waals surface area contributed by atoms with Crippen LogP contribution in [0.25, 0.3) is 0 Å². The zero-order valence-electron chi connectivity index (χ0n) is 9.60. The number of thiophene rings is 1. The number of hydrogen-bond acceptors (Lipinski definition) is 5. The van der Waals surface area contributed by atoms with Crippen molar-refractivity contribution in [1.82, 2.24) is 4.72 Å². The molecule has 1 aliphatic heterocycles. The maximum absolute atomic E-state index is 12.1. The number of rotatable bonds is 4. The van der Waals surface area contributed by atoms with Crippen LogP contribution in [-0.2, 0) is 16.6 Å². The first-order chi connectivity index (χ1) is 8.03. The van der Waals surface area contributed by atoms with E-state index in [-0.39, 0.29) is 6.04 Å². The van der Waals surface area contributed by atoms with E-state index in [1.807, 2.05) is 6.92 Å². The van der Waals surface area contributed by atoms with E-state index in [4.69, 9.17) is 5.73 Å². The zero-order valence-corrected chi connectivity index (χ0v) is 12.1. The predicted molar refractivity (Wildman–Crippen MR) is 73.0 cm³/mol. The summed E-state index contributed by atoms with van der Waals surface area (Å²) in [6, 6.07) is 1.78. The highest BCUT2D eigenvalue weighted by atomic mass is 32.2. The molecule has 0 aliphatic carbocycles. The van der Waals surface area contributed by atoms with Crippen LogP contribution in [-0.4, -0.2) is 26.0 Å². The van der Waals surface area contributed by atoms with Crippen molar-refractivity contribution in [1.29, 1.82) is 0 Å². The third-order valence-corrected chi connectivity index (χ3v) is 7.12. The van der Waals surface area contributed by atoms with Crippen molar-refractivity contribution in [3.63, 3.8) is 0 Å². The van der Waals surface area contributed by atoms with E-state index >= 15 is 0 Å². The first-order valence-electron chi connectivity index (χ1n) is 5.42. The van der Waals surface area contributed by atoms with Crippen molar-refractivity contribution in [2.45, 2.75) is 30.1 Å². The molecular weight excluding hydrogens is 276 g/mol. The van der Waals surface area contributed by atoms with E-state index in [1.165, 1.54) is 11.3 Å². The molecule has 3 N–H and O–H groups in total. The van der Waals surface area contributed by atoms with E-state index in [1.54, 1.807) is 17.8 Å². The van der Waals surface area contributed by atoms with E-state index in [0.717, 1.165) is 28.4 Å². The van der Waals surface area contributed by atoms with Gasteiger partial charge >= 0.3 is 0 Å². The van der Waals surface area contributed by atoms with Gasteiger partial charge in [-0.15, -0.1) is 11.3 Å². The molecule has 17 heavy (non-hydrogen) atoms. The lowest BCUT2D eigenvalue weighted by atomic mass is 10.3. The van der Waals surface area contributed by atoms with Gasteiger partial charge < -0.3 is 5.73 Å². The summed E-state index contributed by atoms with van der Waals surface area (Å²) >= 11 is 3.05. The third-order valence-electron chi connectivity index (χ3n) is 2.70. The summed E-state index contributed by atoms with van der Waals surface area (Å²) in [6.07, 6.45) is 0.915. The summed E-state index contributed by atoms with van der Waals surface area (Å²) in [5.74, 6) is 1.90. The van der Waals surface area contributed by atoms with Gasteiger partial charge in [0.1, 0.15) is 4.21 Å². The standard InChI is InChI=1S/C10H16N2O2S3/c1-7-4-10(16-9(7)5-11)17(13,14)12-8-2-3-15-6-8/h4,8,12H,2-3,5-6,11H2,1H3. The molecule has 1 saturated heterocycles. The average molecular weight is 292 g/mol. The monoisotopic (exact) mass is 292 g/mol. The Hall–Kier alpha value is -0.0800. The molecule has 0 amide bonds. The third kappa shape index (κ3) is 3.03. The lowest BCUT2D eigenvalue weighted by Crippen LogP contribution is -2.34. The SMILES string of the molecule is Cc1cc(S(=O)(=O)NC2CCSC2)sc1CN. The number of thioether (sulfide) groups is 1. The predicted octanol–water partition coefficient (Wildman–Crippen LogP) is 1.30. The van der Waals surface area contributed by atoms with Gasteiger partial charge in [-0.3, -0.25) is 0 Å². The fourth-order valence-electron chi connectivity index (χ4n) is 1.73. The molecule has 1 unspecified atom stereocenters. The van der Waals surface area contributed by atoms with Crippen LogP contribution in [0.15, 0.2) is 10.3 Å². The Morgan fingerprint density at radius 2 is 2.35 bits per heavy atom. The Morgan fingerprint density at radius 1 is 1.59 bits per heavy atom. The Kier molecular flexibility index (Phi) is 4.14. The van der Waals surface area contributed by atoms with Crippen molar-refractivity contribution in [2.75, 3.05) is 11.5 Å². The van der Waals surface area contributed by atoms with Crippen LogP contribution in [0.4, 0.5) is 0 Å². The summed E-state index contributed by atoms with van der Waals surface area (Å²) in [6.45, 7) is 2.29. The number of sulfonamides is 1. The first-order valence-corrected chi connectivity index (χ1v) is 8.88. The van der Waals surface area contributed by atoms with Gasteiger partial charge in [-0.25, -0.2) is 13.1 Å². The molecule has 0 saturated carbocycles. The molecule has 0 radical (unpaired) electrons. The molecule has 4 nitrogen and oxygen atoms in total. The highest BCUT2D eigenvalue weighted by Crippen LogP contribution is 2.27. The van der Waals surface area contributed by atoms with Gasteiger partial charge in [0.05, 0.1) is 0 Å². The van der Waals surface area contributed by atoms with Crippen LogP contribution in [0.2, 0.25) is 0 Å². The maximum atomic E-state index is 12.1. The molecule has 0 spiro atoms. The van der Waals surface area contributed by atoms with E-state index in [0.29, 0.717) is 10.8 Å². The van der Waals surface area contributed by atoms with E-state index in [2.05, 4.69) is 4.72 Å². The fourth-order valence-corrected chi connectivity index (χ4v) is 5.74. The molecule has 1 aromatic rings. The van der Waals surface area contributed by atoms with Crippen LogP contribution >= 0.6 is 23.1 Å².